The third kappa shape index (κ3) is 2.45. The lowest BCUT2D eigenvalue weighted by Crippen LogP contribution is -2.53. The number of amides is 2. The van der Waals surface area contributed by atoms with Crippen LogP contribution in [0.5, 0.6) is 0 Å². The zero-order chi connectivity index (χ0) is 19.3. The quantitative estimate of drug-likeness (QED) is 0.715. The first kappa shape index (κ1) is 16.8. The fraction of sp³-hybridized carbons (Fsp3) is 0.150. The zero-order valence-corrected chi connectivity index (χ0v) is 15.8. The summed E-state index contributed by atoms with van der Waals surface area (Å²) in [5, 5.41) is 4.36. The van der Waals surface area contributed by atoms with Crippen molar-refractivity contribution < 1.29 is 4.79 Å². The highest BCUT2D eigenvalue weighted by Gasteiger charge is 2.48. The first-order valence-corrected chi connectivity index (χ1v) is 9.69. The van der Waals surface area contributed by atoms with E-state index in [0.29, 0.717) is 9.33 Å². The normalized spacial score (nSPS) is 21.2. The number of para-hydroxylation sites is 1. The highest BCUT2D eigenvalue weighted by atomic mass is 32.1. The Morgan fingerprint density at radius 2 is 1.71 bits per heavy atom. The van der Waals surface area contributed by atoms with E-state index in [9.17, 15) is 9.59 Å². The summed E-state index contributed by atoms with van der Waals surface area (Å²) in [7, 11) is 1.71. The Morgan fingerprint density at radius 1 is 1.04 bits per heavy atom. The molecule has 1 saturated heterocycles. The average molecular weight is 391 g/mol. The van der Waals surface area contributed by atoms with Gasteiger partial charge in [-0.2, -0.15) is 0 Å². The smallest absolute Gasteiger partial charge is 0.302 e. The van der Waals surface area contributed by atoms with Crippen LogP contribution in [0.1, 0.15) is 11.7 Å². The van der Waals surface area contributed by atoms with Crippen LogP contribution in [0.25, 0.3) is 6.08 Å². The first-order chi connectivity index (χ1) is 13.6. The van der Waals surface area contributed by atoms with E-state index in [4.69, 9.17) is 0 Å². The third-order valence-corrected chi connectivity index (χ3v) is 5.98. The fourth-order valence-electron chi connectivity index (χ4n) is 3.62. The van der Waals surface area contributed by atoms with Crippen molar-refractivity contribution in [1.82, 2.24) is 14.9 Å². The maximum Gasteiger partial charge on any atom is 0.327 e. The minimum Gasteiger partial charge on any atom is -0.302 e. The van der Waals surface area contributed by atoms with Crippen molar-refractivity contribution in [1.29, 1.82) is 0 Å². The van der Waals surface area contributed by atoms with Crippen molar-refractivity contribution in [2.24, 2.45) is 5.10 Å². The maximum atomic E-state index is 13.2. The molecule has 2 amide bonds. The second-order valence-corrected chi connectivity index (χ2v) is 7.69. The Bertz CT molecular complexity index is 1220. The number of fused-ring (bicyclic) bond motifs is 3. The molecule has 2 atom stereocenters. The van der Waals surface area contributed by atoms with Crippen molar-refractivity contribution in [3.8, 4) is 0 Å². The molecular weight excluding hydrogens is 374 g/mol. The van der Waals surface area contributed by atoms with Crippen molar-refractivity contribution in [3.63, 3.8) is 0 Å². The number of carbonyl (C=O) groups is 1. The number of carbonyl (C=O) groups excluding carboxylic acids is 1. The molecule has 1 fully saturated rings. The molecule has 0 saturated carbocycles. The Balaban J connectivity index is 1.70. The summed E-state index contributed by atoms with van der Waals surface area (Å²) >= 11 is 1.31. The van der Waals surface area contributed by atoms with Gasteiger partial charge in [0.2, 0.25) is 4.80 Å². The maximum absolute atomic E-state index is 13.2. The van der Waals surface area contributed by atoms with Gasteiger partial charge in [0.25, 0.3) is 5.56 Å². The number of rotatable bonds is 2. The van der Waals surface area contributed by atoms with Crippen LogP contribution in [0, 0.1) is 0 Å². The van der Waals surface area contributed by atoms with Crippen LogP contribution < -0.4 is 25.2 Å². The van der Waals surface area contributed by atoms with Crippen LogP contribution in [-0.4, -0.2) is 28.7 Å². The lowest BCUT2D eigenvalue weighted by molar-refractivity contribution is 0.194. The predicted molar refractivity (Wildman–Crippen MR) is 107 cm³/mol. The van der Waals surface area contributed by atoms with Gasteiger partial charge in [-0.25, -0.2) is 4.79 Å². The van der Waals surface area contributed by atoms with Gasteiger partial charge in [-0.1, -0.05) is 59.9 Å². The van der Waals surface area contributed by atoms with E-state index in [2.05, 4.69) is 10.5 Å². The van der Waals surface area contributed by atoms with Gasteiger partial charge < -0.3 is 4.90 Å². The molecule has 7 nitrogen and oxygen atoms in total. The lowest BCUT2D eigenvalue weighted by atomic mass is 10.2. The van der Waals surface area contributed by atoms with Crippen molar-refractivity contribution in [2.75, 3.05) is 11.9 Å². The van der Waals surface area contributed by atoms with Gasteiger partial charge in [-0.15, -0.1) is 5.10 Å². The van der Waals surface area contributed by atoms with E-state index in [1.165, 1.54) is 11.3 Å². The molecule has 0 aliphatic carbocycles. The summed E-state index contributed by atoms with van der Waals surface area (Å²) in [6, 6.07) is 18.9. The van der Waals surface area contributed by atoms with Crippen molar-refractivity contribution in [3.05, 3.63) is 85.9 Å². The Hall–Kier alpha value is -3.39. The largest absolute Gasteiger partial charge is 0.327 e. The van der Waals surface area contributed by atoms with Gasteiger partial charge in [-0.05, 0) is 23.8 Å². The second kappa shape index (κ2) is 6.35. The standard InChI is InChI=1S/C20H17N5O2S/c1-23-16-17(24(20(23)27)14-10-6-3-7-11-14)25-18(26)15(28-19(25)22-21-16)12-13-8-4-2-5-9-13/h2-12,16-17,21H,1H3/b15-12-. The lowest BCUT2D eigenvalue weighted by Gasteiger charge is -2.29. The van der Waals surface area contributed by atoms with Gasteiger partial charge in [-0.3, -0.25) is 19.7 Å². The monoisotopic (exact) mass is 391 g/mol. The molecule has 1 N–H and O–H groups in total. The molecule has 2 unspecified atom stereocenters. The number of nitrogens with zero attached hydrogens (tertiary/aromatic N) is 4. The summed E-state index contributed by atoms with van der Waals surface area (Å²) in [6.07, 6.45) is 0.932. The number of aromatic nitrogens is 1. The van der Waals surface area contributed by atoms with E-state index < -0.39 is 12.3 Å². The zero-order valence-electron chi connectivity index (χ0n) is 15.0. The molecule has 140 valence electrons. The molecule has 0 spiro atoms. The molecular formula is C20H17N5O2S. The number of benzene rings is 2. The molecule has 3 aromatic rings. The van der Waals surface area contributed by atoms with Crippen LogP contribution in [0.15, 0.2) is 70.6 Å². The molecule has 28 heavy (non-hydrogen) atoms. The Morgan fingerprint density at radius 3 is 2.43 bits per heavy atom. The van der Waals surface area contributed by atoms with E-state index >= 15 is 0 Å². The van der Waals surface area contributed by atoms with Crippen LogP contribution >= 0.6 is 11.3 Å². The predicted octanol–water partition coefficient (Wildman–Crippen LogP) is 1.27. The summed E-state index contributed by atoms with van der Waals surface area (Å²) < 4.78 is 2.21. The molecule has 2 aliphatic heterocycles. The van der Waals surface area contributed by atoms with E-state index in [-0.39, 0.29) is 11.6 Å². The molecule has 0 radical (unpaired) electrons. The molecule has 3 heterocycles. The number of hydrogen-bond acceptors (Lipinski definition) is 5. The van der Waals surface area contributed by atoms with E-state index in [1.54, 1.807) is 21.4 Å². The van der Waals surface area contributed by atoms with Crippen LogP contribution in [0.3, 0.4) is 0 Å². The van der Waals surface area contributed by atoms with E-state index in [1.807, 2.05) is 66.7 Å². The van der Waals surface area contributed by atoms with Gasteiger partial charge in [0.05, 0.1) is 4.53 Å². The van der Waals surface area contributed by atoms with Crippen LogP contribution in [0.4, 0.5) is 10.5 Å². The summed E-state index contributed by atoms with van der Waals surface area (Å²) in [5.41, 5.74) is 4.59. The van der Waals surface area contributed by atoms with Gasteiger partial charge in [0.1, 0.15) is 0 Å². The van der Waals surface area contributed by atoms with Gasteiger partial charge in [0.15, 0.2) is 12.3 Å². The molecule has 8 heteroatoms. The summed E-state index contributed by atoms with van der Waals surface area (Å²) in [5.74, 6) is 0. The minimum absolute atomic E-state index is 0.145. The van der Waals surface area contributed by atoms with Crippen molar-refractivity contribution >= 4 is 29.1 Å². The molecule has 1 aromatic heterocycles. The van der Waals surface area contributed by atoms with Crippen LogP contribution in [0.2, 0.25) is 0 Å². The number of likely N-dealkylation sites (N-methyl/N-ethyl adjacent to an activating group) is 1. The number of hydrogen-bond donors (Lipinski definition) is 1. The average Bonchev–Trinajstić information content (AvgIpc) is 3.17. The number of nitrogens with one attached hydrogen (secondary N) is 1. The summed E-state index contributed by atoms with van der Waals surface area (Å²) in [6.45, 7) is 0. The summed E-state index contributed by atoms with van der Waals surface area (Å²) in [4.78, 5) is 30.0. The Kier molecular flexibility index (Phi) is 3.80. The number of anilines is 1. The molecule has 0 bridgehead atoms. The number of thiazole rings is 1. The topological polar surface area (TPSA) is 69.9 Å². The van der Waals surface area contributed by atoms with Crippen LogP contribution in [-0.2, 0) is 0 Å². The number of urea groups is 1. The minimum atomic E-state index is -0.505. The highest BCUT2D eigenvalue weighted by molar-refractivity contribution is 7.07. The third-order valence-electron chi connectivity index (χ3n) is 5.00. The molecule has 2 aromatic carbocycles. The fourth-order valence-corrected chi connectivity index (χ4v) is 4.59. The second-order valence-electron chi connectivity index (χ2n) is 6.68. The molecule has 5 rings (SSSR count). The van der Waals surface area contributed by atoms with E-state index in [0.717, 1.165) is 11.3 Å². The SMILES string of the molecule is CN1C(=O)N(c2ccccc2)C2C1NN=c1s/c(=C\c3ccccc3)c(=O)n12. The molecule has 2 aliphatic rings. The van der Waals surface area contributed by atoms with Crippen molar-refractivity contribution in [2.45, 2.75) is 12.3 Å². The Labute approximate surface area is 164 Å². The highest BCUT2D eigenvalue weighted by Crippen LogP contribution is 2.33. The van der Waals surface area contributed by atoms with Gasteiger partial charge >= 0.3 is 6.03 Å². The first-order valence-electron chi connectivity index (χ1n) is 8.87. The van der Waals surface area contributed by atoms with Gasteiger partial charge in [0, 0.05) is 12.7 Å².